The molecule has 0 saturated carbocycles. The maximum absolute atomic E-state index is 10.2. The second-order valence-corrected chi connectivity index (χ2v) is 6.95. The maximum Gasteiger partial charge on any atom is 0.164 e. The van der Waals surface area contributed by atoms with Gasteiger partial charge in [-0.15, -0.1) is 18.3 Å². The van der Waals surface area contributed by atoms with Gasteiger partial charge in [-0.3, -0.25) is 0 Å². The third-order valence-corrected chi connectivity index (χ3v) is 5.24. The minimum absolute atomic E-state index is 0.371. The van der Waals surface area contributed by atoms with E-state index in [1.54, 1.807) is 16.8 Å². The van der Waals surface area contributed by atoms with Crippen LogP contribution < -0.4 is 0 Å². The van der Waals surface area contributed by atoms with Gasteiger partial charge in [0.2, 0.25) is 0 Å². The number of aromatic nitrogens is 3. The Labute approximate surface area is 145 Å². The Hall–Kier alpha value is -0.970. The molecule has 23 heavy (non-hydrogen) atoms. The second kappa shape index (κ2) is 6.88. The van der Waals surface area contributed by atoms with Crippen LogP contribution in [0.1, 0.15) is 6.23 Å². The summed E-state index contributed by atoms with van der Waals surface area (Å²) in [6, 6.07) is 0. The van der Waals surface area contributed by atoms with Crippen molar-refractivity contribution in [1.29, 1.82) is 0 Å². The lowest BCUT2D eigenvalue weighted by Crippen LogP contribution is -2.33. The van der Waals surface area contributed by atoms with E-state index in [4.69, 9.17) is 4.74 Å². The average Bonchev–Trinajstić information content (AvgIpc) is 3.04. The van der Waals surface area contributed by atoms with Gasteiger partial charge in [-0.2, -0.15) is 0 Å². The van der Waals surface area contributed by atoms with E-state index in [0.717, 1.165) is 14.9 Å². The highest BCUT2D eigenvalue weighted by molar-refractivity contribution is 9.10. The summed E-state index contributed by atoms with van der Waals surface area (Å²) in [6.07, 6.45) is 0.989. The molecule has 2 aromatic heterocycles. The standard InChI is InChI=1S/C14H16BrN3O4S/c1-2-3-23-13-9-7(15)4-18(12(9)16-6-17-13)14-11(21)10(20)8(5-19)22-14/h2,4,6,8,10-11,14,19-21H,1,3,5H2/t8-,10+,11-,14+/m0/s1. The zero-order valence-corrected chi connectivity index (χ0v) is 14.4. The van der Waals surface area contributed by atoms with Crippen molar-refractivity contribution in [1.82, 2.24) is 14.5 Å². The molecule has 1 aliphatic rings. The summed E-state index contributed by atoms with van der Waals surface area (Å²) in [6.45, 7) is 3.33. The minimum atomic E-state index is -1.16. The lowest BCUT2D eigenvalue weighted by Gasteiger charge is -2.17. The number of rotatable bonds is 5. The van der Waals surface area contributed by atoms with Gasteiger partial charge in [-0.1, -0.05) is 6.08 Å². The zero-order chi connectivity index (χ0) is 16.6. The molecule has 124 valence electrons. The molecule has 3 rings (SSSR count). The van der Waals surface area contributed by atoms with Crippen molar-refractivity contribution in [3.05, 3.63) is 29.7 Å². The van der Waals surface area contributed by atoms with Crippen LogP contribution in [0.15, 0.2) is 34.7 Å². The molecule has 0 unspecified atom stereocenters. The molecule has 0 amide bonds. The highest BCUT2D eigenvalue weighted by atomic mass is 79.9. The summed E-state index contributed by atoms with van der Waals surface area (Å²) < 4.78 is 7.98. The number of nitrogens with zero attached hydrogens (tertiary/aromatic N) is 3. The first-order valence-corrected chi connectivity index (χ1v) is 8.73. The first-order chi connectivity index (χ1) is 11.1. The monoisotopic (exact) mass is 401 g/mol. The molecule has 0 aliphatic carbocycles. The van der Waals surface area contributed by atoms with Crippen molar-refractivity contribution in [3.8, 4) is 0 Å². The Morgan fingerprint density at radius 2 is 2.17 bits per heavy atom. The Morgan fingerprint density at radius 3 is 2.83 bits per heavy atom. The molecule has 4 atom stereocenters. The van der Waals surface area contributed by atoms with E-state index in [2.05, 4.69) is 32.5 Å². The van der Waals surface area contributed by atoms with E-state index >= 15 is 0 Å². The zero-order valence-electron chi connectivity index (χ0n) is 12.0. The van der Waals surface area contributed by atoms with Crippen LogP contribution in [0.5, 0.6) is 0 Å². The van der Waals surface area contributed by atoms with E-state index in [9.17, 15) is 15.3 Å². The Kier molecular flexibility index (Phi) is 5.04. The van der Waals surface area contributed by atoms with Gasteiger partial charge in [-0.05, 0) is 15.9 Å². The number of halogens is 1. The number of aliphatic hydroxyl groups excluding tert-OH is 3. The van der Waals surface area contributed by atoms with Crippen molar-refractivity contribution in [2.45, 2.75) is 29.6 Å². The lowest BCUT2D eigenvalue weighted by atomic mass is 10.1. The van der Waals surface area contributed by atoms with Crippen molar-refractivity contribution in [2.24, 2.45) is 0 Å². The van der Waals surface area contributed by atoms with Gasteiger partial charge in [-0.25, -0.2) is 9.97 Å². The largest absolute Gasteiger partial charge is 0.394 e. The summed E-state index contributed by atoms with van der Waals surface area (Å²) in [7, 11) is 0. The first-order valence-electron chi connectivity index (χ1n) is 6.95. The number of hydrogen-bond donors (Lipinski definition) is 3. The molecule has 0 bridgehead atoms. The van der Waals surface area contributed by atoms with Crippen molar-refractivity contribution in [2.75, 3.05) is 12.4 Å². The van der Waals surface area contributed by atoms with Crippen LogP contribution in [0.3, 0.4) is 0 Å². The van der Waals surface area contributed by atoms with E-state index in [0.29, 0.717) is 11.4 Å². The van der Waals surface area contributed by atoms with Crippen LogP contribution in [0.4, 0.5) is 0 Å². The molecule has 2 aromatic rings. The molecule has 3 N–H and O–H groups in total. The Balaban J connectivity index is 2.04. The van der Waals surface area contributed by atoms with E-state index in [1.165, 1.54) is 18.1 Å². The highest BCUT2D eigenvalue weighted by Gasteiger charge is 2.44. The molecule has 9 heteroatoms. The van der Waals surface area contributed by atoms with E-state index in [-0.39, 0.29) is 6.61 Å². The van der Waals surface area contributed by atoms with Crippen LogP contribution >= 0.6 is 27.7 Å². The molecule has 7 nitrogen and oxygen atoms in total. The fourth-order valence-electron chi connectivity index (χ4n) is 2.56. The van der Waals surface area contributed by atoms with Crippen molar-refractivity contribution < 1.29 is 20.1 Å². The van der Waals surface area contributed by atoms with Crippen LogP contribution in [0.2, 0.25) is 0 Å². The third kappa shape index (κ3) is 2.92. The van der Waals surface area contributed by atoms with Gasteiger partial charge in [0.05, 0.1) is 12.0 Å². The predicted octanol–water partition coefficient (Wildman–Crippen LogP) is 1.08. The van der Waals surface area contributed by atoms with Crippen LogP contribution in [-0.2, 0) is 4.74 Å². The fraction of sp³-hybridized carbons (Fsp3) is 0.429. The molecule has 0 aromatic carbocycles. The summed E-state index contributed by atoms with van der Waals surface area (Å²) in [5.74, 6) is 0.706. The van der Waals surface area contributed by atoms with Gasteiger partial charge < -0.3 is 24.6 Å². The number of ether oxygens (including phenoxy) is 1. The summed E-state index contributed by atoms with van der Waals surface area (Å²) >= 11 is 5.01. The first kappa shape index (κ1) is 16.9. The normalized spacial score (nSPS) is 27.7. The molecule has 3 heterocycles. The highest BCUT2D eigenvalue weighted by Crippen LogP contribution is 2.37. The summed E-state index contributed by atoms with van der Waals surface area (Å²) in [5, 5.41) is 31.0. The Morgan fingerprint density at radius 1 is 1.39 bits per heavy atom. The van der Waals surface area contributed by atoms with Crippen molar-refractivity contribution >= 4 is 38.7 Å². The van der Waals surface area contributed by atoms with Gasteiger partial charge >= 0.3 is 0 Å². The summed E-state index contributed by atoms with van der Waals surface area (Å²) in [5.41, 5.74) is 0.577. The summed E-state index contributed by atoms with van der Waals surface area (Å²) in [4.78, 5) is 8.55. The van der Waals surface area contributed by atoms with Crippen LogP contribution in [0.25, 0.3) is 11.0 Å². The van der Waals surface area contributed by atoms with E-state index < -0.39 is 24.5 Å². The van der Waals surface area contributed by atoms with Gasteiger partial charge in [0, 0.05) is 16.4 Å². The topological polar surface area (TPSA) is 101 Å². The number of hydrogen-bond acceptors (Lipinski definition) is 7. The SMILES string of the molecule is C=CCSc1ncnc2c1c(Br)cn2[C@@H]1O[C@@H](CO)[C@@H](O)[C@@H]1O. The molecule has 1 saturated heterocycles. The minimum Gasteiger partial charge on any atom is -0.394 e. The van der Waals surface area contributed by atoms with E-state index in [1.807, 2.05) is 0 Å². The predicted molar refractivity (Wildman–Crippen MR) is 89.2 cm³/mol. The second-order valence-electron chi connectivity index (χ2n) is 5.09. The molecule has 0 radical (unpaired) electrons. The maximum atomic E-state index is 10.2. The van der Waals surface area contributed by atoms with Crippen LogP contribution in [-0.4, -0.2) is 60.5 Å². The Bertz CT molecular complexity index is 725. The lowest BCUT2D eigenvalue weighted by molar-refractivity contribution is -0.0509. The van der Waals surface area contributed by atoms with Gasteiger partial charge in [0.1, 0.15) is 35.3 Å². The fourth-order valence-corrected chi connectivity index (χ4v) is 4.02. The van der Waals surface area contributed by atoms with Crippen molar-refractivity contribution in [3.63, 3.8) is 0 Å². The molecular formula is C14H16BrN3O4S. The quantitative estimate of drug-likeness (QED) is 0.391. The third-order valence-electron chi connectivity index (χ3n) is 3.66. The van der Waals surface area contributed by atoms with Gasteiger partial charge in [0.15, 0.2) is 6.23 Å². The molecule has 1 aliphatic heterocycles. The molecular weight excluding hydrogens is 386 g/mol. The molecule has 1 fully saturated rings. The number of aliphatic hydroxyl groups is 3. The number of fused-ring (bicyclic) bond motifs is 1. The number of thioether (sulfide) groups is 1. The van der Waals surface area contributed by atoms with Crippen LogP contribution in [0, 0.1) is 0 Å². The smallest absolute Gasteiger partial charge is 0.164 e. The molecule has 0 spiro atoms. The van der Waals surface area contributed by atoms with Gasteiger partial charge in [0.25, 0.3) is 0 Å². The average molecular weight is 402 g/mol.